The average Bonchev–Trinajstić information content (AvgIpc) is 3.52. The highest BCUT2D eigenvalue weighted by Gasteiger charge is 2.52. The summed E-state index contributed by atoms with van der Waals surface area (Å²) in [5, 5.41) is 9.28. The van der Waals surface area contributed by atoms with Gasteiger partial charge in [0.15, 0.2) is 5.82 Å². The van der Waals surface area contributed by atoms with Gasteiger partial charge in [0.2, 0.25) is 0 Å². The van der Waals surface area contributed by atoms with Gasteiger partial charge < -0.3 is 9.30 Å². The fraction of sp³-hybridized carbons (Fsp3) is 0.480. The normalized spacial score (nSPS) is 27.2. The second kappa shape index (κ2) is 7.27. The molecule has 1 aliphatic heterocycles. The van der Waals surface area contributed by atoms with Gasteiger partial charge in [0, 0.05) is 12.5 Å². The molecule has 2 atom stereocenters. The van der Waals surface area contributed by atoms with Gasteiger partial charge in [0.05, 0.1) is 53.6 Å². The first-order valence-corrected chi connectivity index (χ1v) is 11.6. The fourth-order valence-electron chi connectivity index (χ4n) is 5.67. The predicted octanol–water partition coefficient (Wildman–Crippen LogP) is 4.55. The van der Waals surface area contributed by atoms with Gasteiger partial charge >= 0.3 is 6.09 Å². The Kier molecular flexibility index (Phi) is 4.44. The number of hydrogen-bond donors (Lipinski definition) is 0. The molecular formula is C25H26N6O2. The molecule has 2 aliphatic carbocycles. The zero-order valence-corrected chi connectivity index (χ0v) is 18.7. The Morgan fingerprint density at radius 3 is 2.85 bits per heavy atom. The van der Waals surface area contributed by atoms with Gasteiger partial charge in [0.25, 0.3) is 0 Å². The van der Waals surface area contributed by atoms with Crippen molar-refractivity contribution in [1.82, 2.24) is 19.5 Å². The summed E-state index contributed by atoms with van der Waals surface area (Å²) in [7, 11) is 0. The maximum Gasteiger partial charge on any atom is 0.416 e. The van der Waals surface area contributed by atoms with E-state index in [0.717, 1.165) is 49.0 Å². The van der Waals surface area contributed by atoms with Crippen molar-refractivity contribution in [3.63, 3.8) is 0 Å². The first-order valence-electron chi connectivity index (χ1n) is 11.6. The average molecular weight is 443 g/mol. The van der Waals surface area contributed by atoms with Crippen LogP contribution in [0.3, 0.4) is 0 Å². The number of rotatable bonds is 4. The highest BCUT2D eigenvalue weighted by atomic mass is 16.6. The van der Waals surface area contributed by atoms with Crippen LogP contribution in [0.1, 0.15) is 62.6 Å². The van der Waals surface area contributed by atoms with Crippen molar-refractivity contribution in [3.8, 4) is 6.07 Å². The van der Waals surface area contributed by atoms with E-state index in [4.69, 9.17) is 4.74 Å². The number of carbonyl (C=O) groups excluding carboxylic acids is 1. The quantitative estimate of drug-likeness (QED) is 0.588. The number of anilines is 1. The third-order valence-electron chi connectivity index (χ3n) is 7.36. The largest absolute Gasteiger partial charge is 0.441 e. The van der Waals surface area contributed by atoms with Crippen molar-refractivity contribution in [2.75, 3.05) is 11.4 Å². The molecule has 0 N–H and O–H groups in total. The molecule has 2 saturated carbocycles. The number of ether oxygens (including phenoxy) is 1. The Hall–Kier alpha value is -3.47. The predicted molar refractivity (Wildman–Crippen MR) is 122 cm³/mol. The van der Waals surface area contributed by atoms with Gasteiger partial charge in [-0.2, -0.15) is 5.26 Å². The van der Waals surface area contributed by atoms with E-state index in [9.17, 15) is 10.1 Å². The summed E-state index contributed by atoms with van der Waals surface area (Å²) in [6.45, 7) is 3.52. The highest BCUT2D eigenvalue weighted by molar-refractivity contribution is 5.89. The number of aromatic nitrogens is 4. The lowest BCUT2D eigenvalue weighted by Crippen LogP contribution is -2.45. The van der Waals surface area contributed by atoms with Crippen molar-refractivity contribution in [3.05, 3.63) is 48.2 Å². The molecule has 6 rings (SSSR count). The first-order chi connectivity index (χ1) is 16.0. The van der Waals surface area contributed by atoms with Crippen LogP contribution in [0.5, 0.6) is 0 Å². The zero-order chi connectivity index (χ0) is 22.6. The summed E-state index contributed by atoms with van der Waals surface area (Å²) in [6, 6.07) is 7.79. The van der Waals surface area contributed by atoms with Crippen LogP contribution in [0.15, 0.2) is 36.9 Å². The van der Waals surface area contributed by atoms with E-state index in [1.807, 2.05) is 18.5 Å². The zero-order valence-electron chi connectivity index (χ0n) is 18.7. The smallest absolute Gasteiger partial charge is 0.416 e. The molecule has 33 heavy (non-hydrogen) atoms. The number of nitriles is 1. The maximum absolute atomic E-state index is 12.8. The molecule has 0 unspecified atom stereocenters. The van der Waals surface area contributed by atoms with Crippen molar-refractivity contribution in [1.29, 1.82) is 5.26 Å². The Morgan fingerprint density at radius 2 is 2.09 bits per heavy atom. The number of carbonyl (C=O) groups is 1. The molecule has 1 aromatic carbocycles. The van der Waals surface area contributed by atoms with Crippen LogP contribution in [-0.2, 0) is 11.3 Å². The molecule has 0 radical (unpaired) electrons. The van der Waals surface area contributed by atoms with Crippen LogP contribution in [0, 0.1) is 16.7 Å². The van der Waals surface area contributed by atoms with Crippen LogP contribution in [0.2, 0.25) is 0 Å². The topological polar surface area (TPSA) is 96.9 Å². The number of hydrogen-bond acceptors (Lipinski definition) is 6. The van der Waals surface area contributed by atoms with Gasteiger partial charge in [-0.1, -0.05) is 6.92 Å². The molecule has 1 amide bonds. The van der Waals surface area contributed by atoms with Crippen molar-refractivity contribution in [2.45, 2.75) is 63.5 Å². The van der Waals surface area contributed by atoms with E-state index in [-0.39, 0.29) is 11.5 Å². The number of nitrogens with zero attached hydrogens (tertiary/aromatic N) is 6. The lowest BCUT2D eigenvalue weighted by molar-refractivity contribution is -0.0264. The minimum Gasteiger partial charge on any atom is -0.441 e. The van der Waals surface area contributed by atoms with Crippen LogP contribution < -0.4 is 4.90 Å². The summed E-state index contributed by atoms with van der Waals surface area (Å²) in [5.74, 6) is 1.10. The van der Waals surface area contributed by atoms with E-state index < -0.39 is 5.60 Å². The molecule has 168 valence electrons. The number of amides is 1. The first kappa shape index (κ1) is 20.2. The summed E-state index contributed by atoms with van der Waals surface area (Å²) in [5.41, 5.74) is 2.91. The van der Waals surface area contributed by atoms with Gasteiger partial charge in [-0.3, -0.25) is 9.88 Å². The van der Waals surface area contributed by atoms with Crippen LogP contribution in [-0.4, -0.2) is 37.8 Å². The summed E-state index contributed by atoms with van der Waals surface area (Å²) in [4.78, 5) is 28.0. The third-order valence-corrected chi connectivity index (χ3v) is 7.36. The molecule has 8 heteroatoms. The maximum atomic E-state index is 12.8. The Labute approximate surface area is 192 Å². The summed E-state index contributed by atoms with van der Waals surface area (Å²) >= 11 is 0. The van der Waals surface area contributed by atoms with Gasteiger partial charge in [-0.05, 0) is 62.1 Å². The molecule has 3 heterocycles. The van der Waals surface area contributed by atoms with E-state index in [2.05, 4.69) is 32.5 Å². The van der Waals surface area contributed by atoms with Gasteiger partial charge in [-0.15, -0.1) is 0 Å². The lowest BCUT2D eigenvalue weighted by Gasteiger charge is -2.43. The highest BCUT2D eigenvalue weighted by Crippen LogP contribution is 2.48. The minimum atomic E-state index is -0.519. The summed E-state index contributed by atoms with van der Waals surface area (Å²) < 4.78 is 8.17. The Bertz CT molecular complexity index is 1270. The molecule has 0 bridgehead atoms. The van der Waals surface area contributed by atoms with Crippen LogP contribution in [0.25, 0.3) is 11.0 Å². The number of imidazole rings is 1. The Morgan fingerprint density at radius 1 is 1.21 bits per heavy atom. The summed E-state index contributed by atoms with van der Waals surface area (Å²) in [6.07, 6.45) is 11.0. The lowest BCUT2D eigenvalue weighted by atomic mass is 9.68. The molecule has 3 aliphatic rings. The minimum absolute atomic E-state index is 0.0632. The molecule has 1 spiro atoms. The standard InChI is InChI=1S/C25H26N6O2/c1-24(14-30-16-29-19-6-3-17(10-26)9-21(19)30)7-2-8-25(13-24)15-31(23(32)33-25)22-12-27-20(11-28-22)18-4-5-18/h3,6,9,11-12,16,18H,2,4-5,7-8,13-15H2,1H3/t24-,25-/m0/s1. The molecule has 2 aromatic heterocycles. The monoisotopic (exact) mass is 442 g/mol. The molecule has 1 saturated heterocycles. The molecule has 3 aromatic rings. The van der Waals surface area contributed by atoms with E-state index in [0.29, 0.717) is 23.8 Å². The van der Waals surface area contributed by atoms with Crippen LogP contribution >= 0.6 is 0 Å². The second-order valence-electron chi connectivity index (χ2n) is 10.2. The van der Waals surface area contributed by atoms with E-state index in [1.165, 1.54) is 12.8 Å². The number of fused-ring (bicyclic) bond motifs is 1. The fourth-order valence-corrected chi connectivity index (χ4v) is 5.67. The van der Waals surface area contributed by atoms with Crippen molar-refractivity contribution in [2.24, 2.45) is 5.41 Å². The van der Waals surface area contributed by atoms with Crippen molar-refractivity contribution < 1.29 is 9.53 Å². The van der Waals surface area contributed by atoms with E-state index >= 15 is 0 Å². The second-order valence-corrected chi connectivity index (χ2v) is 10.2. The Balaban J connectivity index is 1.22. The van der Waals surface area contributed by atoms with Crippen LogP contribution in [0.4, 0.5) is 10.6 Å². The molecule has 3 fully saturated rings. The molecule has 8 nitrogen and oxygen atoms in total. The third kappa shape index (κ3) is 3.62. The van der Waals surface area contributed by atoms with Gasteiger partial charge in [-0.25, -0.2) is 14.8 Å². The number of benzene rings is 1. The SMILES string of the molecule is C[C@]1(Cn2cnc3ccc(C#N)cc32)CCC[C@@]2(CN(c3cnc(C4CC4)cn3)C(=O)O2)C1. The van der Waals surface area contributed by atoms with Crippen molar-refractivity contribution >= 4 is 22.9 Å². The van der Waals surface area contributed by atoms with E-state index in [1.54, 1.807) is 23.4 Å². The van der Waals surface area contributed by atoms with Gasteiger partial charge in [0.1, 0.15) is 5.60 Å². The molecular weight excluding hydrogens is 416 g/mol.